The van der Waals surface area contributed by atoms with E-state index in [9.17, 15) is 0 Å². The summed E-state index contributed by atoms with van der Waals surface area (Å²) in [6.45, 7) is 16.0. The molecule has 0 unspecified atom stereocenters. The number of amidine groups is 1. The number of nitrogens with zero attached hydrogens (tertiary/aromatic N) is 3. The molecule has 0 fully saturated rings. The highest BCUT2D eigenvalue weighted by molar-refractivity contribution is 6.09. The van der Waals surface area contributed by atoms with E-state index in [1.54, 1.807) is 19.5 Å². The van der Waals surface area contributed by atoms with Crippen LogP contribution in [0.5, 0.6) is 0 Å². The van der Waals surface area contributed by atoms with Crippen LogP contribution in [0, 0.1) is 0 Å². The van der Waals surface area contributed by atoms with Crippen molar-refractivity contribution < 1.29 is 0 Å². The van der Waals surface area contributed by atoms with Crippen molar-refractivity contribution in [1.82, 2.24) is 4.98 Å². The molecule has 23 heavy (non-hydrogen) atoms. The molecule has 1 aromatic heterocycles. The molecule has 3 heteroatoms. The Bertz CT molecular complexity index is 702. The van der Waals surface area contributed by atoms with Gasteiger partial charge in [-0.15, -0.1) is 0 Å². The lowest BCUT2D eigenvalue weighted by Crippen LogP contribution is -1.99. The zero-order valence-electron chi connectivity index (χ0n) is 14.1. The zero-order valence-corrected chi connectivity index (χ0v) is 14.1. The van der Waals surface area contributed by atoms with Crippen LogP contribution in [0.15, 0.2) is 89.1 Å². The first kappa shape index (κ1) is 18.2. The number of rotatable bonds is 6. The van der Waals surface area contributed by atoms with Crippen molar-refractivity contribution in [2.24, 2.45) is 9.98 Å². The Morgan fingerprint density at radius 2 is 1.87 bits per heavy atom. The molecule has 0 radical (unpaired) electrons. The Kier molecular flexibility index (Phi) is 7.34. The average Bonchev–Trinajstić information content (AvgIpc) is 2.59. The van der Waals surface area contributed by atoms with Crippen molar-refractivity contribution >= 4 is 17.6 Å². The minimum absolute atomic E-state index is 0.556. The van der Waals surface area contributed by atoms with Gasteiger partial charge in [0.05, 0.1) is 5.69 Å². The van der Waals surface area contributed by atoms with Crippen molar-refractivity contribution in [3.63, 3.8) is 0 Å². The van der Waals surface area contributed by atoms with Gasteiger partial charge in [0.2, 0.25) is 0 Å². The van der Waals surface area contributed by atoms with Gasteiger partial charge in [0.15, 0.2) is 5.84 Å². The largest absolute Gasteiger partial charge is 0.270 e. The summed E-state index contributed by atoms with van der Waals surface area (Å²) in [4.78, 5) is 12.8. The Morgan fingerprint density at radius 1 is 1.13 bits per heavy atom. The maximum absolute atomic E-state index is 4.36. The third kappa shape index (κ3) is 5.83. The topological polar surface area (TPSA) is 37.6 Å². The Hall–Kier alpha value is -2.81. The molecule has 0 saturated heterocycles. The molecule has 1 aromatic rings. The zero-order chi connectivity index (χ0) is 17.2. The first-order chi connectivity index (χ1) is 11.0. The molecule has 0 atom stereocenters. The van der Waals surface area contributed by atoms with Gasteiger partial charge in [-0.25, -0.2) is 4.99 Å². The van der Waals surface area contributed by atoms with Crippen LogP contribution in [-0.2, 0) is 0 Å². The van der Waals surface area contributed by atoms with E-state index in [0.717, 1.165) is 22.4 Å². The van der Waals surface area contributed by atoms with Crippen LogP contribution in [0.2, 0.25) is 0 Å². The normalized spacial score (nSPS) is 12.8. The summed E-state index contributed by atoms with van der Waals surface area (Å²) in [6, 6.07) is 5.66. The maximum Gasteiger partial charge on any atom is 0.153 e. The third-order valence-corrected chi connectivity index (χ3v) is 3.21. The van der Waals surface area contributed by atoms with Gasteiger partial charge in [0.1, 0.15) is 0 Å². The number of pyridine rings is 1. The van der Waals surface area contributed by atoms with Gasteiger partial charge >= 0.3 is 0 Å². The molecule has 0 spiro atoms. The van der Waals surface area contributed by atoms with Crippen molar-refractivity contribution in [2.45, 2.75) is 13.8 Å². The summed E-state index contributed by atoms with van der Waals surface area (Å²) in [6.07, 6.45) is 9.26. The highest BCUT2D eigenvalue weighted by Crippen LogP contribution is 2.15. The third-order valence-electron chi connectivity index (χ3n) is 3.21. The molecule has 0 N–H and O–H groups in total. The minimum atomic E-state index is 0.556. The predicted molar refractivity (Wildman–Crippen MR) is 102 cm³/mol. The second-order valence-corrected chi connectivity index (χ2v) is 4.92. The number of aliphatic imine (C=N–C) groups is 2. The van der Waals surface area contributed by atoms with Crippen LogP contribution >= 0.6 is 0 Å². The molecule has 0 amide bonds. The summed E-state index contributed by atoms with van der Waals surface area (Å²) in [5.74, 6) is 0.556. The fourth-order valence-corrected chi connectivity index (χ4v) is 1.61. The molecule has 0 aliphatic rings. The van der Waals surface area contributed by atoms with Crippen LogP contribution in [0.25, 0.3) is 5.57 Å². The van der Waals surface area contributed by atoms with Gasteiger partial charge < -0.3 is 0 Å². The lowest BCUT2D eigenvalue weighted by Gasteiger charge is -2.04. The Morgan fingerprint density at radius 3 is 2.43 bits per heavy atom. The first-order valence-corrected chi connectivity index (χ1v) is 7.30. The molecule has 118 valence electrons. The number of allylic oxidation sites excluding steroid dienone is 5. The highest BCUT2D eigenvalue weighted by Gasteiger charge is 2.03. The van der Waals surface area contributed by atoms with E-state index in [0.29, 0.717) is 11.4 Å². The SMILES string of the molecule is C=C(/C=N\C(=N/C)C(=C)/C=C\C(C)=C/C)C(=C)c1ccccn1. The van der Waals surface area contributed by atoms with Crippen molar-refractivity contribution in [3.05, 3.63) is 84.8 Å². The molecule has 1 rings (SSSR count). The van der Waals surface area contributed by atoms with E-state index >= 15 is 0 Å². The predicted octanol–water partition coefficient (Wildman–Crippen LogP) is 4.83. The number of hydrogen-bond donors (Lipinski definition) is 0. The molecule has 0 aliphatic carbocycles. The average molecular weight is 305 g/mol. The highest BCUT2D eigenvalue weighted by atomic mass is 14.9. The van der Waals surface area contributed by atoms with Crippen molar-refractivity contribution in [3.8, 4) is 0 Å². The summed E-state index contributed by atoms with van der Waals surface area (Å²) in [5, 5.41) is 0. The Balaban J connectivity index is 2.81. The fraction of sp³-hybridized carbons (Fsp3) is 0.150. The number of hydrogen-bond acceptors (Lipinski definition) is 2. The lowest BCUT2D eigenvalue weighted by molar-refractivity contribution is 1.28. The summed E-state index contributed by atoms with van der Waals surface area (Å²) < 4.78 is 0. The Labute approximate surface area is 138 Å². The monoisotopic (exact) mass is 305 g/mol. The van der Waals surface area contributed by atoms with Gasteiger partial charge in [0.25, 0.3) is 0 Å². The summed E-state index contributed by atoms with van der Waals surface area (Å²) in [5.41, 5.74) is 4.09. The van der Waals surface area contributed by atoms with Gasteiger partial charge in [-0.3, -0.25) is 9.98 Å². The summed E-state index contributed by atoms with van der Waals surface area (Å²) in [7, 11) is 1.69. The molecule has 3 nitrogen and oxygen atoms in total. The van der Waals surface area contributed by atoms with E-state index in [4.69, 9.17) is 0 Å². The lowest BCUT2D eigenvalue weighted by atomic mass is 10.1. The maximum atomic E-state index is 4.36. The van der Waals surface area contributed by atoms with Gasteiger partial charge in [-0.05, 0) is 31.6 Å². The van der Waals surface area contributed by atoms with Crippen molar-refractivity contribution in [1.29, 1.82) is 0 Å². The van der Waals surface area contributed by atoms with E-state index in [1.165, 1.54) is 0 Å². The molecule has 0 saturated carbocycles. The molecule has 1 heterocycles. The fourth-order valence-electron chi connectivity index (χ4n) is 1.61. The van der Waals surface area contributed by atoms with Gasteiger partial charge in [-0.1, -0.05) is 49.6 Å². The quantitative estimate of drug-likeness (QED) is 0.421. The van der Waals surface area contributed by atoms with E-state index in [1.807, 2.05) is 50.3 Å². The standard InChI is InChI=1S/C20H23N3/c1-7-15(2)11-12-16(3)20(21-6)23-14-17(4)18(5)19-10-8-9-13-22-19/h7-14H,3-5H2,1-2,6H3/b12-11-,15-7-,21-20-,23-14-. The minimum Gasteiger partial charge on any atom is -0.270 e. The van der Waals surface area contributed by atoms with Crippen LogP contribution in [0.3, 0.4) is 0 Å². The smallest absolute Gasteiger partial charge is 0.153 e. The summed E-state index contributed by atoms with van der Waals surface area (Å²) >= 11 is 0. The van der Waals surface area contributed by atoms with Crippen LogP contribution in [0.4, 0.5) is 0 Å². The van der Waals surface area contributed by atoms with Crippen molar-refractivity contribution in [2.75, 3.05) is 7.05 Å². The van der Waals surface area contributed by atoms with E-state index in [-0.39, 0.29) is 0 Å². The first-order valence-electron chi connectivity index (χ1n) is 7.30. The second-order valence-electron chi connectivity index (χ2n) is 4.92. The molecular formula is C20H23N3. The molecule has 0 aliphatic heterocycles. The molecule has 0 bridgehead atoms. The van der Waals surface area contributed by atoms with Crippen LogP contribution in [0.1, 0.15) is 19.5 Å². The van der Waals surface area contributed by atoms with Crippen LogP contribution < -0.4 is 0 Å². The van der Waals surface area contributed by atoms with Crippen LogP contribution in [-0.4, -0.2) is 24.1 Å². The van der Waals surface area contributed by atoms with Gasteiger partial charge in [-0.2, -0.15) is 0 Å². The van der Waals surface area contributed by atoms with E-state index < -0.39 is 0 Å². The molecule has 0 aromatic carbocycles. The number of aromatic nitrogens is 1. The second kappa shape index (κ2) is 9.26. The van der Waals surface area contributed by atoms with E-state index in [2.05, 4.69) is 34.7 Å². The molecular weight excluding hydrogens is 282 g/mol. The van der Waals surface area contributed by atoms with Gasteiger partial charge in [0, 0.05) is 30.6 Å².